The summed E-state index contributed by atoms with van der Waals surface area (Å²) in [5.74, 6) is -0.232. The van der Waals surface area contributed by atoms with Gasteiger partial charge in [0.05, 0.1) is 0 Å². The number of aliphatic hydroxyl groups excluding tert-OH is 1. The normalized spacial score (nSPS) is 16.5. The van der Waals surface area contributed by atoms with Crippen LogP contribution in [0.2, 0.25) is 0 Å². The Balaban J connectivity index is 2.35. The van der Waals surface area contributed by atoms with Crippen molar-refractivity contribution < 1.29 is 14.7 Å². The van der Waals surface area contributed by atoms with Gasteiger partial charge in [-0.05, 0) is 18.4 Å². The standard InChI is InChI=1S/C14H14O3/c1-9(8-15)6-10-7-13(16)11-4-2-3-5-12(11)14(10)17/h2-5,7,9,15H,6,8H2,1H3. The molecule has 17 heavy (non-hydrogen) atoms. The fraction of sp³-hybridized carbons (Fsp3) is 0.286. The van der Waals surface area contributed by atoms with Crippen LogP contribution in [0, 0.1) is 5.92 Å². The molecule has 1 N–H and O–H groups in total. The van der Waals surface area contributed by atoms with E-state index >= 15 is 0 Å². The summed E-state index contributed by atoms with van der Waals surface area (Å²) in [6.45, 7) is 1.86. The van der Waals surface area contributed by atoms with Crippen LogP contribution < -0.4 is 0 Å². The summed E-state index contributed by atoms with van der Waals surface area (Å²) in [6.07, 6.45) is 1.84. The number of carbonyl (C=O) groups excluding carboxylic acids is 2. The van der Waals surface area contributed by atoms with Crippen LogP contribution in [0.5, 0.6) is 0 Å². The third-order valence-corrected chi connectivity index (χ3v) is 2.91. The smallest absolute Gasteiger partial charge is 0.189 e. The van der Waals surface area contributed by atoms with E-state index in [0.29, 0.717) is 23.1 Å². The molecule has 2 rings (SSSR count). The maximum atomic E-state index is 12.1. The molecular weight excluding hydrogens is 216 g/mol. The van der Waals surface area contributed by atoms with E-state index in [2.05, 4.69) is 0 Å². The zero-order chi connectivity index (χ0) is 12.4. The largest absolute Gasteiger partial charge is 0.396 e. The summed E-state index contributed by atoms with van der Waals surface area (Å²) in [5.41, 5.74) is 1.44. The molecule has 1 aliphatic carbocycles. The molecule has 0 aliphatic heterocycles. The number of hydrogen-bond donors (Lipinski definition) is 1. The van der Waals surface area contributed by atoms with Crippen molar-refractivity contribution in [1.29, 1.82) is 0 Å². The van der Waals surface area contributed by atoms with E-state index in [4.69, 9.17) is 5.11 Å². The highest BCUT2D eigenvalue weighted by molar-refractivity contribution is 6.24. The van der Waals surface area contributed by atoms with E-state index in [1.54, 1.807) is 24.3 Å². The van der Waals surface area contributed by atoms with Crippen LogP contribution in [0.1, 0.15) is 34.1 Å². The highest BCUT2D eigenvalue weighted by Crippen LogP contribution is 2.24. The molecule has 88 valence electrons. The third-order valence-electron chi connectivity index (χ3n) is 2.91. The van der Waals surface area contributed by atoms with Crippen LogP contribution >= 0.6 is 0 Å². The minimum atomic E-state index is -0.125. The van der Waals surface area contributed by atoms with Crippen molar-refractivity contribution >= 4 is 11.6 Å². The van der Waals surface area contributed by atoms with Crippen LogP contribution in [0.3, 0.4) is 0 Å². The van der Waals surface area contributed by atoms with Gasteiger partial charge in [-0.2, -0.15) is 0 Å². The van der Waals surface area contributed by atoms with Crippen molar-refractivity contribution in [3.05, 3.63) is 47.0 Å². The third kappa shape index (κ3) is 2.19. The Hall–Kier alpha value is -1.74. The summed E-state index contributed by atoms with van der Waals surface area (Å²) in [5, 5.41) is 8.99. The molecule has 1 aliphatic rings. The van der Waals surface area contributed by atoms with Gasteiger partial charge < -0.3 is 5.11 Å². The molecule has 1 unspecified atom stereocenters. The fourth-order valence-electron chi connectivity index (χ4n) is 1.96. The minimum Gasteiger partial charge on any atom is -0.396 e. The highest BCUT2D eigenvalue weighted by Gasteiger charge is 2.25. The predicted molar refractivity (Wildman–Crippen MR) is 64.1 cm³/mol. The second-order valence-electron chi connectivity index (χ2n) is 4.40. The van der Waals surface area contributed by atoms with Crippen LogP contribution in [-0.4, -0.2) is 23.3 Å². The Kier molecular flexibility index (Phi) is 3.20. The second-order valence-corrected chi connectivity index (χ2v) is 4.40. The number of aliphatic hydroxyl groups is 1. The maximum Gasteiger partial charge on any atom is 0.189 e. The second kappa shape index (κ2) is 4.63. The number of allylic oxidation sites excluding steroid dienone is 2. The molecule has 1 aromatic rings. The highest BCUT2D eigenvalue weighted by atomic mass is 16.3. The van der Waals surface area contributed by atoms with Crippen molar-refractivity contribution in [3.63, 3.8) is 0 Å². The van der Waals surface area contributed by atoms with E-state index in [1.165, 1.54) is 6.08 Å². The Labute approximate surface area is 99.8 Å². The lowest BCUT2D eigenvalue weighted by molar-refractivity contribution is 0.0977. The summed E-state index contributed by atoms with van der Waals surface area (Å²) in [4.78, 5) is 23.9. The fourth-order valence-corrected chi connectivity index (χ4v) is 1.96. The van der Waals surface area contributed by atoms with Crippen LogP contribution in [0.4, 0.5) is 0 Å². The van der Waals surface area contributed by atoms with Gasteiger partial charge in [0.1, 0.15) is 0 Å². The van der Waals surface area contributed by atoms with Gasteiger partial charge in [0.15, 0.2) is 11.6 Å². The van der Waals surface area contributed by atoms with Crippen molar-refractivity contribution in [3.8, 4) is 0 Å². The molecule has 0 radical (unpaired) electrons. The Morgan fingerprint density at radius 3 is 2.47 bits per heavy atom. The number of carbonyl (C=O) groups is 2. The van der Waals surface area contributed by atoms with E-state index in [1.807, 2.05) is 6.92 Å². The average molecular weight is 230 g/mol. The van der Waals surface area contributed by atoms with Crippen molar-refractivity contribution in [2.75, 3.05) is 6.61 Å². The lowest BCUT2D eigenvalue weighted by Crippen LogP contribution is -2.19. The maximum absolute atomic E-state index is 12.1. The zero-order valence-electron chi connectivity index (χ0n) is 9.64. The summed E-state index contributed by atoms with van der Waals surface area (Å²) < 4.78 is 0. The van der Waals surface area contributed by atoms with Gasteiger partial charge in [-0.25, -0.2) is 0 Å². The van der Waals surface area contributed by atoms with Crippen LogP contribution in [0.15, 0.2) is 35.9 Å². The van der Waals surface area contributed by atoms with Crippen molar-refractivity contribution in [1.82, 2.24) is 0 Å². The van der Waals surface area contributed by atoms with Crippen LogP contribution in [-0.2, 0) is 0 Å². The summed E-state index contributed by atoms with van der Waals surface area (Å²) in [7, 11) is 0. The van der Waals surface area contributed by atoms with E-state index in [9.17, 15) is 9.59 Å². The molecule has 0 saturated heterocycles. The molecule has 0 heterocycles. The lowest BCUT2D eigenvalue weighted by Gasteiger charge is -2.16. The first-order valence-corrected chi connectivity index (χ1v) is 5.63. The molecule has 1 aromatic carbocycles. The Bertz CT molecular complexity index is 500. The van der Waals surface area contributed by atoms with E-state index < -0.39 is 0 Å². The van der Waals surface area contributed by atoms with E-state index in [-0.39, 0.29) is 24.1 Å². The molecule has 3 nitrogen and oxygen atoms in total. The summed E-state index contributed by atoms with van der Waals surface area (Å²) in [6, 6.07) is 6.84. The first-order valence-electron chi connectivity index (χ1n) is 5.63. The van der Waals surface area contributed by atoms with Gasteiger partial charge in [0, 0.05) is 23.3 Å². The van der Waals surface area contributed by atoms with Gasteiger partial charge in [0.2, 0.25) is 0 Å². The molecule has 0 spiro atoms. The minimum absolute atomic E-state index is 0.0109. The first-order chi connectivity index (χ1) is 8.13. The number of fused-ring (bicyclic) bond motifs is 1. The zero-order valence-corrected chi connectivity index (χ0v) is 9.64. The average Bonchev–Trinajstić information content (AvgIpc) is 2.35. The summed E-state index contributed by atoms with van der Waals surface area (Å²) >= 11 is 0. The monoisotopic (exact) mass is 230 g/mol. The Morgan fingerprint density at radius 2 is 1.82 bits per heavy atom. The number of rotatable bonds is 3. The van der Waals surface area contributed by atoms with Gasteiger partial charge >= 0.3 is 0 Å². The topological polar surface area (TPSA) is 54.4 Å². The van der Waals surface area contributed by atoms with E-state index in [0.717, 1.165) is 0 Å². The molecule has 0 amide bonds. The Morgan fingerprint density at radius 1 is 1.18 bits per heavy atom. The van der Waals surface area contributed by atoms with Gasteiger partial charge in [-0.1, -0.05) is 31.2 Å². The van der Waals surface area contributed by atoms with Crippen molar-refractivity contribution in [2.24, 2.45) is 5.92 Å². The number of Topliss-reactive ketones (excluding diaryl/α,β-unsaturated/α-hetero) is 1. The predicted octanol–water partition coefficient (Wildman–Crippen LogP) is 2.01. The molecule has 0 fully saturated rings. The quantitative estimate of drug-likeness (QED) is 0.864. The first kappa shape index (κ1) is 11.7. The number of ketones is 2. The molecule has 1 atom stereocenters. The SMILES string of the molecule is CC(CO)CC1=CC(=O)c2ccccc2C1=O. The van der Waals surface area contributed by atoms with Gasteiger partial charge in [0.25, 0.3) is 0 Å². The van der Waals surface area contributed by atoms with Crippen LogP contribution in [0.25, 0.3) is 0 Å². The molecule has 3 heteroatoms. The van der Waals surface area contributed by atoms with Gasteiger partial charge in [-0.3, -0.25) is 9.59 Å². The van der Waals surface area contributed by atoms with Gasteiger partial charge in [-0.15, -0.1) is 0 Å². The molecule has 0 saturated carbocycles. The van der Waals surface area contributed by atoms with Crippen molar-refractivity contribution in [2.45, 2.75) is 13.3 Å². The number of benzene rings is 1. The molecular formula is C14H14O3. The molecule has 0 bridgehead atoms. The lowest BCUT2D eigenvalue weighted by atomic mass is 9.86. The molecule has 0 aromatic heterocycles. The number of hydrogen-bond acceptors (Lipinski definition) is 3.